The first-order valence-corrected chi connectivity index (χ1v) is 11.5. The minimum absolute atomic E-state index is 0.0579. The van der Waals surface area contributed by atoms with Gasteiger partial charge in [0.1, 0.15) is 0 Å². The molecule has 1 saturated heterocycles. The predicted octanol–water partition coefficient (Wildman–Crippen LogP) is 3.05. The maximum absolute atomic E-state index is 12.8. The van der Waals surface area contributed by atoms with E-state index in [1.54, 1.807) is 18.0 Å². The minimum Gasteiger partial charge on any atom is -0.353 e. The molecule has 0 spiro atoms. The third kappa shape index (κ3) is 6.57. The Morgan fingerprint density at radius 1 is 1.13 bits per heavy atom. The molecule has 2 amide bonds. The molecule has 7 heteroatoms. The van der Waals surface area contributed by atoms with Gasteiger partial charge in [0.05, 0.1) is 6.54 Å². The van der Waals surface area contributed by atoms with E-state index in [4.69, 9.17) is 0 Å². The normalized spacial score (nSPS) is 15.6. The number of nitrogens with one attached hydrogen (secondary N) is 1. The lowest BCUT2D eigenvalue weighted by atomic mass is 10.2. The number of rotatable bonds is 8. The van der Waals surface area contributed by atoms with Gasteiger partial charge in [-0.1, -0.05) is 13.0 Å². The molecule has 160 valence electrons. The minimum atomic E-state index is 0.0579. The van der Waals surface area contributed by atoms with E-state index in [0.717, 1.165) is 30.2 Å². The van der Waals surface area contributed by atoms with Gasteiger partial charge in [0.2, 0.25) is 5.91 Å². The summed E-state index contributed by atoms with van der Waals surface area (Å²) in [6.45, 7) is 7.20. The summed E-state index contributed by atoms with van der Waals surface area (Å²) in [5, 5.41) is 3.00. The van der Waals surface area contributed by atoms with Gasteiger partial charge in [0.25, 0.3) is 5.91 Å². The number of nitrogens with zero attached hydrogens (tertiary/aromatic N) is 3. The van der Waals surface area contributed by atoms with Crippen molar-refractivity contribution in [2.24, 2.45) is 0 Å². The van der Waals surface area contributed by atoms with Crippen LogP contribution in [0.1, 0.15) is 36.2 Å². The third-order valence-electron chi connectivity index (χ3n) is 5.28. The number of amides is 2. The summed E-state index contributed by atoms with van der Waals surface area (Å²) in [5.74, 6) is 0.972. The second kappa shape index (κ2) is 11.1. The number of carbonyl (C=O) groups excluding carboxylic acids is 2. The SMILES string of the molecule is CCC(C)NC(=O)CN1CCN(C(=O)c2ccc(SCc3cccnc3)cc2)CC1. The smallest absolute Gasteiger partial charge is 0.253 e. The average molecular weight is 427 g/mol. The van der Waals surface area contributed by atoms with E-state index in [0.29, 0.717) is 25.2 Å². The van der Waals surface area contributed by atoms with Gasteiger partial charge in [-0.2, -0.15) is 0 Å². The van der Waals surface area contributed by atoms with Crippen molar-refractivity contribution < 1.29 is 9.59 Å². The van der Waals surface area contributed by atoms with E-state index in [-0.39, 0.29) is 17.9 Å². The van der Waals surface area contributed by atoms with Crippen molar-refractivity contribution in [1.29, 1.82) is 0 Å². The number of hydrogen-bond acceptors (Lipinski definition) is 5. The summed E-state index contributed by atoms with van der Waals surface area (Å²) in [6, 6.07) is 12.0. The Kier molecular flexibility index (Phi) is 8.28. The lowest BCUT2D eigenvalue weighted by molar-refractivity contribution is -0.123. The van der Waals surface area contributed by atoms with E-state index >= 15 is 0 Å². The number of piperazine rings is 1. The highest BCUT2D eigenvalue weighted by molar-refractivity contribution is 7.98. The van der Waals surface area contributed by atoms with Crippen molar-refractivity contribution in [2.45, 2.75) is 37.0 Å². The molecule has 1 atom stereocenters. The fourth-order valence-corrected chi connectivity index (χ4v) is 4.09. The van der Waals surface area contributed by atoms with E-state index in [2.05, 4.69) is 28.2 Å². The molecule has 1 unspecified atom stereocenters. The van der Waals surface area contributed by atoms with Gasteiger partial charge in [0.15, 0.2) is 0 Å². The highest BCUT2D eigenvalue weighted by Gasteiger charge is 2.23. The molecule has 0 bridgehead atoms. The second-order valence-corrected chi connectivity index (χ2v) is 8.67. The lowest BCUT2D eigenvalue weighted by Crippen LogP contribution is -2.51. The molecule has 2 aromatic rings. The van der Waals surface area contributed by atoms with E-state index in [1.807, 2.05) is 48.4 Å². The van der Waals surface area contributed by atoms with Crippen LogP contribution < -0.4 is 5.32 Å². The Bertz CT molecular complexity index is 821. The highest BCUT2D eigenvalue weighted by Crippen LogP contribution is 2.23. The topological polar surface area (TPSA) is 65.5 Å². The fraction of sp³-hybridized carbons (Fsp3) is 0.435. The first-order chi connectivity index (χ1) is 14.5. The molecule has 0 radical (unpaired) electrons. The summed E-state index contributed by atoms with van der Waals surface area (Å²) in [5.41, 5.74) is 1.89. The van der Waals surface area contributed by atoms with Gasteiger partial charge in [-0.25, -0.2) is 0 Å². The molecule has 1 fully saturated rings. The van der Waals surface area contributed by atoms with Crippen LogP contribution in [0.4, 0.5) is 0 Å². The maximum atomic E-state index is 12.8. The van der Waals surface area contributed by atoms with Gasteiger partial charge in [-0.3, -0.25) is 19.5 Å². The zero-order valence-electron chi connectivity index (χ0n) is 17.7. The van der Waals surface area contributed by atoms with Crippen LogP contribution in [0, 0.1) is 0 Å². The molecule has 0 aliphatic carbocycles. The predicted molar refractivity (Wildman–Crippen MR) is 120 cm³/mol. The molecule has 2 heterocycles. The first-order valence-electron chi connectivity index (χ1n) is 10.5. The van der Waals surface area contributed by atoms with Crippen LogP contribution in [-0.2, 0) is 10.5 Å². The van der Waals surface area contributed by atoms with Crippen LogP contribution in [0.25, 0.3) is 0 Å². The second-order valence-electron chi connectivity index (χ2n) is 7.62. The summed E-state index contributed by atoms with van der Waals surface area (Å²) < 4.78 is 0. The summed E-state index contributed by atoms with van der Waals surface area (Å²) >= 11 is 1.73. The van der Waals surface area contributed by atoms with Crippen LogP contribution >= 0.6 is 11.8 Å². The molecular formula is C23H30N4O2S. The molecule has 1 aromatic carbocycles. The number of pyridine rings is 1. The maximum Gasteiger partial charge on any atom is 0.253 e. The average Bonchev–Trinajstić information content (AvgIpc) is 2.78. The molecule has 0 saturated carbocycles. The Morgan fingerprint density at radius 3 is 2.50 bits per heavy atom. The number of benzene rings is 1. The van der Waals surface area contributed by atoms with Gasteiger partial charge in [-0.05, 0) is 49.2 Å². The van der Waals surface area contributed by atoms with Crippen molar-refractivity contribution in [1.82, 2.24) is 20.1 Å². The van der Waals surface area contributed by atoms with Gasteiger partial charge < -0.3 is 10.2 Å². The van der Waals surface area contributed by atoms with Crippen molar-refractivity contribution in [3.8, 4) is 0 Å². The van der Waals surface area contributed by atoms with Gasteiger partial charge in [-0.15, -0.1) is 11.8 Å². The van der Waals surface area contributed by atoms with E-state index < -0.39 is 0 Å². The van der Waals surface area contributed by atoms with Crippen LogP contribution in [-0.4, -0.2) is 65.4 Å². The molecule has 1 aromatic heterocycles. The first kappa shape index (κ1) is 22.3. The van der Waals surface area contributed by atoms with E-state index in [9.17, 15) is 9.59 Å². The molecular weight excluding hydrogens is 396 g/mol. The molecule has 30 heavy (non-hydrogen) atoms. The van der Waals surface area contributed by atoms with Crippen LogP contribution in [0.15, 0.2) is 53.7 Å². The summed E-state index contributed by atoms with van der Waals surface area (Å²) in [7, 11) is 0. The Balaban J connectivity index is 1.45. The van der Waals surface area contributed by atoms with Crippen LogP contribution in [0.5, 0.6) is 0 Å². The van der Waals surface area contributed by atoms with Crippen LogP contribution in [0.2, 0.25) is 0 Å². The fourth-order valence-electron chi connectivity index (χ4n) is 3.26. The monoisotopic (exact) mass is 426 g/mol. The molecule has 1 aliphatic rings. The summed E-state index contributed by atoms with van der Waals surface area (Å²) in [4.78, 5) is 34.1. The number of thioether (sulfide) groups is 1. The molecule has 1 aliphatic heterocycles. The lowest BCUT2D eigenvalue weighted by Gasteiger charge is -2.34. The molecule has 6 nitrogen and oxygen atoms in total. The number of aromatic nitrogens is 1. The van der Waals surface area contributed by atoms with E-state index in [1.165, 1.54) is 5.56 Å². The third-order valence-corrected chi connectivity index (χ3v) is 6.36. The zero-order valence-corrected chi connectivity index (χ0v) is 18.5. The summed E-state index contributed by atoms with van der Waals surface area (Å²) in [6.07, 6.45) is 4.57. The molecule has 1 N–H and O–H groups in total. The quantitative estimate of drug-likeness (QED) is 0.658. The highest BCUT2D eigenvalue weighted by atomic mass is 32.2. The Hall–Kier alpha value is -2.38. The van der Waals surface area contributed by atoms with Gasteiger partial charge >= 0.3 is 0 Å². The standard InChI is InChI=1S/C23H30N4O2S/c1-3-18(2)25-22(28)16-26-11-13-27(14-12-26)23(29)20-6-8-21(9-7-20)30-17-19-5-4-10-24-15-19/h4-10,15,18H,3,11-14,16-17H2,1-2H3,(H,25,28). The van der Waals surface area contributed by atoms with Crippen LogP contribution in [0.3, 0.4) is 0 Å². The number of hydrogen-bond donors (Lipinski definition) is 1. The zero-order chi connectivity index (χ0) is 21.3. The largest absolute Gasteiger partial charge is 0.353 e. The van der Waals surface area contributed by atoms with Crippen molar-refractivity contribution in [2.75, 3.05) is 32.7 Å². The molecule has 3 rings (SSSR count). The van der Waals surface area contributed by atoms with Crippen molar-refractivity contribution in [3.63, 3.8) is 0 Å². The Morgan fingerprint density at radius 2 is 1.87 bits per heavy atom. The number of carbonyl (C=O) groups is 2. The Labute approximate surface area is 183 Å². The van der Waals surface area contributed by atoms with Crippen molar-refractivity contribution in [3.05, 3.63) is 59.9 Å². The van der Waals surface area contributed by atoms with Gasteiger partial charge in [0, 0.05) is 60.8 Å². The van der Waals surface area contributed by atoms with Crippen molar-refractivity contribution >= 4 is 23.6 Å².